The molecule has 4 rings (SSSR count). The van der Waals surface area contributed by atoms with Crippen molar-refractivity contribution in [3.8, 4) is 0 Å². The lowest BCUT2D eigenvalue weighted by Gasteiger charge is -2.44. The summed E-state index contributed by atoms with van der Waals surface area (Å²) in [6, 6.07) is 10.5. The Kier molecular flexibility index (Phi) is 5.79. The molecule has 1 saturated carbocycles. The largest absolute Gasteiger partial charge is 0.417 e. The van der Waals surface area contributed by atoms with E-state index in [-0.39, 0.29) is 5.91 Å². The molecule has 1 aliphatic heterocycles. The number of hydrogen-bond donors (Lipinski definition) is 0. The molecule has 1 amide bonds. The van der Waals surface area contributed by atoms with Crippen LogP contribution in [0, 0.1) is 0 Å². The fourth-order valence-corrected chi connectivity index (χ4v) is 4.58. The second kappa shape index (κ2) is 8.21. The molecule has 2 fully saturated rings. The number of anilines is 1. The third-order valence-electron chi connectivity index (χ3n) is 6.20. The van der Waals surface area contributed by atoms with Crippen molar-refractivity contribution in [1.82, 2.24) is 9.88 Å². The molecule has 0 spiro atoms. The summed E-state index contributed by atoms with van der Waals surface area (Å²) in [7, 11) is 0. The zero-order valence-electron chi connectivity index (χ0n) is 16.5. The van der Waals surface area contributed by atoms with Crippen molar-refractivity contribution in [1.29, 1.82) is 0 Å². The van der Waals surface area contributed by atoms with Crippen LogP contribution in [0.25, 0.3) is 0 Å². The SMILES string of the molecule is O=C(N1CCCN(c2ccc(C(F)(F)F)cn2)CC1)C1(c2ccc(Br)cc2)CCC1. The number of halogens is 4. The van der Waals surface area contributed by atoms with Crippen LogP contribution >= 0.6 is 15.9 Å². The third-order valence-corrected chi connectivity index (χ3v) is 6.72. The van der Waals surface area contributed by atoms with Crippen molar-refractivity contribution >= 4 is 27.7 Å². The highest BCUT2D eigenvalue weighted by Crippen LogP contribution is 2.45. The second-order valence-electron chi connectivity index (χ2n) is 7.98. The van der Waals surface area contributed by atoms with E-state index in [0.717, 1.165) is 48.0 Å². The Balaban J connectivity index is 1.46. The molecule has 0 bridgehead atoms. The van der Waals surface area contributed by atoms with E-state index in [9.17, 15) is 18.0 Å². The number of carbonyl (C=O) groups excluding carboxylic acids is 1. The normalized spacial score (nSPS) is 19.2. The van der Waals surface area contributed by atoms with E-state index < -0.39 is 17.2 Å². The number of nitrogens with zero attached hydrogens (tertiary/aromatic N) is 3. The maximum atomic E-state index is 13.5. The van der Waals surface area contributed by atoms with Crippen molar-refractivity contribution in [3.63, 3.8) is 0 Å². The maximum Gasteiger partial charge on any atom is 0.417 e. The number of carbonyl (C=O) groups is 1. The van der Waals surface area contributed by atoms with Gasteiger partial charge in [-0.15, -0.1) is 0 Å². The number of hydrogen-bond acceptors (Lipinski definition) is 3. The van der Waals surface area contributed by atoms with Crippen LogP contribution in [0.15, 0.2) is 47.1 Å². The highest BCUT2D eigenvalue weighted by molar-refractivity contribution is 9.10. The fraction of sp³-hybridized carbons (Fsp3) is 0.455. The van der Waals surface area contributed by atoms with Gasteiger partial charge < -0.3 is 9.80 Å². The van der Waals surface area contributed by atoms with E-state index in [1.54, 1.807) is 0 Å². The standard InChI is InChI=1S/C22H23BrF3N3O/c23-18-6-3-16(4-7-18)21(9-1-10-21)20(30)29-12-2-11-28(13-14-29)19-8-5-17(15-27-19)22(24,25)26/h3-8,15H,1-2,9-14H2. The zero-order chi connectivity index (χ0) is 21.4. The minimum atomic E-state index is -4.39. The van der Waals surface area contributed by atoms with Crippen LogP contribution in [0.1, 0.15) is 36.8 Å². The number of benzene rings is 1. The first-order valence-electron chi connectivity index (χ1n) is 10.1. The van der Waals surface area contributed by atoms with Crippen molar-refractivity contribution in [2.75, 3.05) is 31.1 Å². The first-order chi connectivity index (χ1) is 14.3. The first-order valence-corrected chi connectivity index (χ1v) is 10.9. The average molecular weight is 482 g/mol. The van der Waals surface area contributed by atoms with E-state index in [1.165, 1.54) is 6.07 Å². The number of rotatable bonds is 3. The summed E-state index contributed by atoms with van der Waals surface area (Å²) in [4.78, 5) is 21.4. The quantitative estimate of drug-likeness (QED) is 0.617. The molecule has 8 heteroatoms. The van der Waals surface area contributed by atoms with Crippen LogP contribution in [-0.4, -0.2) is 42.0 Å². The van der Waals surface area contributed by atoms with Gasteiger partial charge in [0.1, 0.15) is 5.82 Å². The number of aromatic nitrogens is 1. The van der Waals surface area contributed by atoms with Gasteiger partial charge in [-0.3, -0.25) is 4.79 Å². The molecule has 4 nitrogen and oxygen atoms in total. The van der Waals surface area contributed by atoms with Crippen molar-refractivity contribution in [2.24, 2.45) is 0 Å². The summed E-state index contributed by atoms with van der Waals surface area (Å²) < 4.78 is 39.3. The van der Waals surface area contributed by atoms with E-state index in [2.05, 4.69) is 20.9 Å². The smallest absolute Gasteiger partial charge is 0.355 e. The molecule has 1 aliphatic carbocycles. The van der Waals surface area contributed by atoms with Crippen LogP contribution in [0.4, 0.5) is 19.0 Å². The number of pyridine rings is 1. The predicted octanol–water partition coefficient (Wildman–Crippen LogP) is 5.02. The highest BCUT2D eigenvalue weighted by Gasteiger charge is 2.47. The van der Waals surface area contributed by atoms with Crippen LogP contribution in [0.2, 0.25) is 0 Å². The van der Waals surface area contributed by atoms with Gasteiger partial charge in [0, 0.05) is 36.8 Å². The molecule has 1 aromatic carbocycles. The second-order valence-corrected chi connectivity index (χ2v) is 8.89. The van der Waals surface area contributed by atoms with Gasteiger partial charge in [-0.05, 0) is 49.1 Å². The molecule has 0 atom stereocenters. The van der Waals surface area contributed by atoms with Gasteiger partial charge in [0.05, 0.1) is 11.0 Å². The third kappa shape index (κ3) is 4.06. The van der Waals surface area contributed by atoms with E-state index >= 15 is 0 Å². The Morgan fingerprint density at radius 1 is 0.967 bits per heavy atom. The van der Waals surface area contributed by atoms with Crippen LogP contribution in [-0.2, 0) is 16.4 Å². The van der Waals surface area contributed by atoms with Crippen LogP contribution in [0.5, 0.6) is 0 Å². The zero-order valence-corrected chi connectivity index (χ0v) is 18.0. The lowest BCUT2D eigenvalue weighted by atomic mass is 9.63. The molecule has 0 unspecified atom stereocenters. The number of alkyl halides is 3. The molecule has 160 valence electrons. The molecule has 2 heterocycles. The lowest BCUT2D eigenvalue weighted by Crippen LogP contribution is -2.52. The first kappa shape index (κ1) is 21.2. The van der Waals surface area contributed by atoms with Crippen molar-refractivity contribution in [3.05, 3.63) is 58.2 Å². The van der Waals surface area contributed by atoms with Gasteiger partial charge in [-0.2, -0.15) is 13.2 Å². The Hall–Kier alpha value is -2.09. The Labute approximate surface area is 182 Å². The van der Waals surface area contributed by atoms with Crippen molar-refractivity contribution in [2.45, 2.75) is 37.3 Å². The Morgan fingerprint density at radius 3 is 2.27 bits per heavy atom. The molecule has 1 aromatic heterocycles. The highest BCUT2D eigenvalue weighted by atomic mass is 79.9. The van der Waals surface area contributed by atoms with E-state index in [1.807, 2.05) is 34.1 Å². The Bertz CT molecular complexity index is 895. The van der Waals surface area contributed by atoms with Crippen LogP contribution in [0.3, 0.4) is 0 Å². The monoisotopic (exact) mass is 481 g/mol. The summed E-state index contributed by atoms with van der Waals surface area (Å²) in [5.41, 5.74) is -0.130. The molecule has 0 radical (unpaired) electrons. The summed E-state index contributed by atoms with van der Waals surface area (Å²) in [5, 5.41) is 0. The average Bonchev–Trinajstić information content (AvgIpc) is 2.94. The van der Waals surface area contributed by atoms with Crippen LogP contribution < -0.4 is 4.90 Å². The minimum absolute atomic E-state index is 0.165. The van der Waals surface area contributed by atoms with Gasteiger partial charge in [0.2, 0.25) is 5.91 Å². The molecular formula is C22H23BrF3N3O. The molecule has 1 saturated heterocycles. The molecular weight excluding hydrogens is 459 g/mol. The van der Waals surface area contributed by atoms with Gasteiger partial charge in [0.25, 0.3) is 0 Å². The topological polar surface area (TPSA) is 36.4 Å². The van der Waals surface area contributed by atoms with Gasteiger partial charge in [-0.25, -0.2) is 4.98 Å². The maximum absolute atomic E-state index is 13.5. The van der Waals surface area contributed by atoms with Gasteiger partial charge in [-0.1, -0.05) is 34.5 Å². The molecule has 2 aromatic rings. The molecule has 0 N–H and O–H groups in total. The van der Waals surface area contributed by atoms with Gasteiger partial charge >= 0.3 is 6.18 Å². The lowest BCUT2D eigenvalue weighted by molar-refractivity contribution is -0.140. The predicted molar refractivity (Wildman–Crippen MR) is 112 cm³/mol. The molecule has 2 aliphatic rings. The Morgan fingerprint density at radius 2 is 1.70 bits per heavy atom. The van der Waals surface area contributed by atoms with Gasteiger partial charge in [0.15, 0.2) is 0 Å². The van der Waals surface area contributed by atoms with E-state index in [4.69, 9.17) is 0 Å². The summed E-state index contributed by atoms with van der Waals surface area (Å²) in [6.45, 7) is 2.40. The summed E-state index contributed by atoms with van der Waals surface area (Å²) >= 11 is 3.45. The minimum Gasteiger partial charge on any atom is -0.355 e. The summed E-state index contributed by atoms with van der Waals surface area (Å²) in [6.07, 6.45) is -0.0118. The fourth-order valence-electron chi connectivity index (χ4n) is 4.32. The summed E-state index contributed by atoms with van der Waals surface area (Å²) in [5.74, 6) is 0.682. The molecule has 30 heavy (non-hydrogen) atoms. The van der Waals surface area contributed by atoms with E-state index in [0.29, 0.717) is 32.0 Å². The van der Waals surface area contributed by atoms with Crippen molar-refractivity contribution < 1.29 is 18.0 Å². The number of amides is 1.